The molecule has 0 aliphatic heterocycles. The summed E-state index contributed by atoms with van der Waals surface area (Å²) in [5.74, 6) is -0.370. The fourth-order valence-electron chi connectivity index (χ4n) is 2.07. The Morgan fingerprint density at radius 3 is 2.52 bits per heavy atom. The molecule has 0 atom stereocenters. The van der Waals surface area contributed by atoms with Crippen LogP contribution in [0.5, 0.6) is 5.75 Å². The Labute approximate surface area is 132 Å². The number of nitrogens with one attached hydrogen (secondary N) is 1. The van der Waals surface area contributed by atoms with Crippen molar-refractivity contribution in [2.45, 2.75) is 20.5 Å². The third kappa shape index (κ3) is 4.26. The van der Waals surface area contributed by atoms with E-state index in [2.05, 4.69) is 5.32 Å². The quantitative estimate of drug-likeness (QED) is 0.675. The third-order valence-corrected chi connectivity index (χ3v) is 3.08. The van der Waals surface area contributed by atoms with E-state index < -0.39 is 4.92 Å². The first-order valence-corrected chi connectivity index (χ1v) is 6.80. The molecule has 0 heterocycles. The van der Waals surface area contributed by atoms with Crippen LogP contribution in [0.15, 0.2) is 36.4 Å². The first-order valence-electron chi connectivity index (χ1n) is 6.80. The normalized spacial score (nSPS) is 10.2. The summed E-state index contributed by atoms with van der Waals surface area (Å²) >= 11 is 0. The second-order valence-corrected chi connectivity index (χ2v) is 4.99. The lowest BCUT2D eigenvalue weighted by Crippen LogP contribution is -2.09. The maximum absolute atomic E-state index is 12.9. The fraction of sp³-hybridized carbons (Fsp3) is 0.188. The van der Waals surface area contributed by atoms with E-state index in [1.165, 1.54) is 31.2 Å². The van der Waals surface area contributed by atoms with Gasteiger partial charge in [0.05, 0.1) is 10.6 Å². The molecule has 0 aliphatic rings. The molecule has 23 heavy (non-hydrogen) atoms. The van der Waals surface area contributed by atoms with E-state index in [0.29, 0.717) is 11.3 Å². The van der Waals surface area contributed by atoms with E-state index >= 15 is 0 Å². The van der Waals surface area contributed by atoms with Gasteiger partial charge < -0.3 is 10.1 Å². The Bertz CT molecular complexity index is 744. The van der Waals surface area contributed by atoms with Gasteiger partial charge in [0.2, 0.25) is 5.91 Å². The molecule has 2 aromatic carbocycles. The Kier molecular flexibility index (Phi) is 4.90. The van der Waals surface area contributed by atoms with Gasteiger partial charge >= 0.3 is 0 Å². The lowest BCUT2D eigenvalue weighted by atomic mass is 10.1. The van der Waals surface area contributed by atoms with E-state index in [1.807, 2.05) is 0 Å². The molecule has 0 unspecified atom stereocenters. The van der Waals surface area contributed by atoms with Crippen LogP contribution < -0.4 is 10.1 Å². The van der Waals surface area contributed by atoms with Crippen molar-refractivity contribution < 1.29 is 18.8 Å². The standard InChI is InChI=1S/C16H15FN2O4/c1-10-7-14(19(21)22)8-15(18-11(2)20)16(10)23-9-12-3-5-13(17)6-4-12/h3-8H,9H2,1-2H3,(H,18,20). The largest absolute Gasteiger partial charge is 0.486 e. The van der Waals surface area contributed by atoms with Crippen molar-refractivity contribution in [1.29, 1.82) is 0 Å². The molecule has 1 amide bonds. The van der Waals surface area contributed by atoms with Crippen LogP contribution in [0, 0.1) is 22.9 Å². The summed E-state index contributed by atoms with van der Waals surface area (Å²) in [6.45, 7) is 3.10. The monoisotopic (exact) mass is 318 g/mol. The second kappa shape index (κ2) is 6.87. The highest BCUT2D eigenvalue weighted by molar-refractivity contribution is 5.91. The number of ether oxygens (including phenoxy) is 1. The van der Waals surface area contributed by atoms with Crippen LogP contribution in [-0.4, -0.2) is 10.8 Å². The number of aryl methyl sites for hydroxylation is 1. The maximum atomic E-state index is 12.9. The van der Waals surface area contributed by atoms with Gasteiger partial charge in [-0.05, 0) is 24.6 Å². The van der Waals surface area contributed by atoms with Crippen molar-refractivity contribution in [3.05, 3.63) is 63.5 Å². The SMILES string of the molecule is CC(=O)Nc1cc([N+](=O)[O-])cc(C)c1OCc1ccc(F)cc1. The molecule has 1 N–H and O–H groups in total. The second-order valence-electron chi connectivity index (χ2n) is 4.99. The molecule has 0 saturated heterocycles. The first kappa shape index (κ1) is 16.4. The minimum absolute atomic E-state index is 0.139. The van der Waals surface area contributed by atoms with Gasteiger partial charge in [-0.15, -0.1) is 0 Å². The molecule has 0 spiro atoms. The number of nitro benzene ring substituents is 1. The highest BCUT2D eigenvalue weighted by Crippen LogP contribution is 2.34. The summed E-state index contributed by atoms with van der Waals surface area (Å²) in [4.78, 5) is 21.7. The summed E-state index contributed by atoms with van der Waals surface area (Å²) in [6.07, 6.45) is 0. The third-order valence-electron chi connectivity index (χ3n) is 3.08. The van der Waals surface area contributed by atoms with E-state index in [1.54, 1.807) is 19.1 Å². The molecule has 0 fully saturated rings. The predicted octanol–water partition coefficient (Wildman–Crippen LogP) is 3.58. The number of anilines is 1. The predicted molar refractivity (Wildman–Crippen MR) is 82.9 cm³/mol. The number of carbonyl (C=O) groups is 1. The Hall–Kier alpha value is -2.96. The van der Waals surface area contributed by atoms with Gasteiger partial charge in [0.15, 0.2) is 0 Å². The summed E-state index contributed by atoms with van der Waals surface area (Å²) in [7, 11) is 0. The van der Waals surface area contributed by atoms with E-state index in [-0.39, 0.29) is 29.7 Å². The Balaban J connectivity index is 2.29. The molecular formula is C16H15FN2O4. The van der Waals surface area contributed by atoms with Crippen LogP contribution >= 0.6 is 0 Å². The van der Waals surface area contributed by atoms with Crippen molar-refractivity contribution in [3.63, 3.8) is 0 Å². The Morgan fingerprint density at radius 1 is 1.30 bits per heavy atom. The lowest BCUT2D eigenvalue weighted by molar-refractivity contribution is -0.384. The topological polar surface area (TPSA) is 81.5 Å². The molecular weight excluding hydrogens is 303 g/mol. The summed E-state index contributed by atoms with van der Waals surface area (Å²) in [5.41, 5.74) is 1.34. The molecule has 6 nitrogen and oxygen atoms in total. The van der Waals surface area contributed by atoms with E-state index in [4.69, 9.17) is 4.74 Å². The number of nitrogens with zero attached hydrogens (tertiary/aromatic N) is 1. The van der Waals surface area contributed by atoms with Crippen molar-refractivity contribution >= 4 is 17.3 Å². The number of rotatable bonds is 5. The van der Waals surface area contributed by atoms with Gasteiger partial charge in [0.1, 0.15) is 18.2 Å². The van der Waals surface area contributed by atoms with Crippen molar-refractivity contribution in [1.82, 2.24) is 0 Å². The number of hydrogen-bond donors (Lipinski definition) is 1. The average molecular weight is 318 g/mol. The Morgan fingerprint density at radius 2 is 1.96 bits per heavy atom. The number of carbonyl (C=O) groups excluding carboxylic acids is 1. The zero-order valence-corrected chi connectivity index (χ0v) is 12.6. The minimum atomic E-state index is -0.540. The van der Waals surface area contributed by atoms with Crippen molar-refractivity contribution in [2.75, 3.05) is 5.32 Å². The molecule has 2 aromatic rings. The van der Waals surface area contributed by atoms with Crippen LogP contribution in [0.3, 0.4) is 0 Å². The molecule has 0 aromatic heterocycles. The van der Waals surface area contributed by atoms with E-state index in [9.17, 15) is 19.3 Å². The summed E-state index contributed by atoms with van der Waals surface area (Å²) in [6, 6.07) is 8.40. The number of halogens is 1. The summed E-state index contributed by atoms with van der Waals surface area (Å²) < 4.78 is 18.6. The van der Waals surface area contributed by atoms with Crippen molar-refractivity contribution in [2.24, 2.45) is 0 Å². The van der Waals surface area contributed by atoms with Gasteiger partial charge in [0, 0.05) is 24.6 Å². The van der Waals surface area contributed by atoms with E-state index in [0.717, 1.165) is 5.56 Å². The zero-order chi connectivity index (χ0) is 17.0. The highest BCUT2D eigenvalue weighted by Gasteiger charge is 2.16. The van der Waals surface area contributed by atoms with Crippen LogP contribution in [0.25, 0.3) is 0 Å². The number of non-ortho nitro benzene ring substituents is 1. The fourth-order valence-corrected chi connectivity index (χ4v) is 2.07. The highest BCUT2D eigenvalue weighted by atomic mass is 19.1. The lowest BCUT2D eigenvalue weighted by Gasteiger charge is -2.14. The average Bonchev–Trinajstić information content (AvgIpc) is 2.47. The minimum Gasteiger partial charge on any atom is -0.486 e. The van der Waals surface area contributed by atoms with Crippen LogP contribution in [0.2, 0.25) is 0 Å². The van der Waals surface area contributed by atoms with Crippen LogP contribution in [-0.2, 0) is 11.4 Å². The number of hydrogen-bond acceptors (Lipinski definition) is 4. The smallest absolute Gasteiger partial charge is 0.272 e. The molecule has 7 heteroatoms. The van der Waals surface area contributed by atoms with Gasteiger partial charge in [-0.25, -0.2) is 4.39 Å². The number of nitro groups is 1. The first-order chi connectivity index (χ1) is 10.9. The van der Waals surface area contributed by atoms with Crippen molar-refractivity contribution in [3.8, 4) is 5.75 Å². The zero-order valence-electron chi connectivity index (χ0n) is 12.6. The maximum Gasteiger partial charge on any atom is 0.272 e. The molecule has 120 valence electrons. The van der Waals surface area contributed by atoms with Gasteiger partial charge in [-0.1, -0.05) is 12.1 Å². The van der Waals surface area contributed by atoms with Gasteiger partial charge in [0.25, 0.3) is 5.69 Å². The summed E-state index contributed by atoms with van der Waals surface area (Å²) in [5, 5.41) is 13.5. The van der Waals surface area contributed by atoms with Gasteiger partial charge in [-0.3, -0.25) is 14.9 Å². The molecule has 2 rings (SSSR count). The number of benzene rings is 2. The molecule has 0 radical (unpaired) electrons. The molecule has 0 aliphatic carbocycles. The number of amides is 1. The van der Waals surface area contributed by atoms with Crippen LogP contribution in [0.1, 0.15) is 18.1 Å². The van der Waals surface area contributed by atoms with Gasteiger partial charge in [-0.2, -0.15) is 0 Å². The molecule has 0 bridgehead atoms. The van der Waals surface area contributed by atoms with Crippen LogP contribution in [0.4, 0.5) is 15.8 Å². The molecule has 0 saturated carbocycles.